The maximum atomic E-state index is 12.7. The molecule has 30 heavy (non-hydrogen) atoms. The second kappa shape index (κ2) is 9.61. The topological polar surface area (TPSA) is 45.7 Å². The van der Waals surface area contributed by atoms with Crippen LogP contribution in [0.5, 0.6) is 0 Å². The molecule has 3 rings (SSSR count). The van der Waals surface area contributed by atoms with E-state index in [1.807, 2.05) is 46.9 Å². The van der Waals surface area contributed by atoms with Gasteiger partial charge in [0, 0.05) is 24.8 Å². The highest BCUT2D eigenvalue weighted by Crippen LogP contribution is 2.32. The molecule has 2 heterocycles. The second-order valence-corrected chi connectivity index (χ2v) is 9.36. The Morgan fingerprint density at radius 3 is 2.50 bits per heavy atom. The number of piperidine rings is 1. The maximum absolute atomic E-state index is 12.7. The number of aromatic nitrogens is 1. The number of pyridine rings is 1. The normalized spacial score (nSPS) is 17.7. The van der Waals surface area contributed by atoms with Gasteiger partial charge < -0.3 is 4.74 Å². The van der Waals surface area contributed by atoms with Gasteiger partial charge in [0.25, 0.3) is 0 Å². The molecular weight excluding hydrogens is 374 g/mol. The van der Waals surface area contributed by atoms with Crippen molar-refractivity contribution in [3.63, 3.8) is 0 Å². The number of nitrogens with zero attached hydrogens (tertiary/aromatic N) is 3. The molecule has 2 aromatic rings. The van der Waals surface area contributed by atoms with Crippen LogP contribution in [0.3, 0.4) is 0 Å². The number of hydrogen-bond donors (Lipinski definition) is 0. The molecule has 0 N–H and O–H groups in total. The number of amides is 1. The van der Waals surface area contributed by atoms with Crippen LogP contribution in [0.4, 0.5) is 10.6 Å². The van der Waals surface area contributed by atoms with E-state index in [-0.39, 0.29) is 12.1 Å². The summed E-state index contributed by atoms with van der Waals surface area (Å²) in [5, 5.41) is 0. The molecule has 1 amide bonds. The van der Waals surface area contributed by atoms with Crippen molar-refractivity contribution in [2.75, 3.05) is 11.4 Å². The van der Waals surface area contributed by atoms with E-state index in [9.17, 15) is 4.79 Å². The number of ether oxygens (including phenoxy) is 1. The highest BCUT2D eigenvalue weighted by atomic mass is 16.6. The third-order valence-electron chi connectivity index (χ3n) is 5.35. The van der Waals surface area contributed by atoms with E-state index < -0.39 is 5.60 Å². The molecule has 0 saturated carbocycles. The van der Waals surface area contributed by atoms with Crippen molar-refractivity contribution in [1.82, 2.24) is 9.88 Å². The van der Waals surface area contributed by atoms with Crippen LogP contribution in [0.1, 0.15) is 71.0 Å². The lowest BCUT2D eigenvalue weighted by molar-refractivity contribution is 0.0569. The van der Waals surface area contributed by atoms with E-state index in [1.165, 1.54) is 24.0 Å². The third kappa shape index (κ3) is 5.82. The van der Waals surface area contributed by atoms with Crippen LogP contribution in [-0.4, -0.2) is 34.2 Å². The van der Waals surface area contributed by atoms with Gasteiger partial charge in [0.15, 0.2) is 0 Å². The van der Waals surface area contributed by atoms with Gasteiger partial charge in [0.2, 0.25) is 0 Å². The summed E-state index contributed by atoms with van der Waals surface area (Å²) in [4.78, 5) is 21.5. The molecule has 0 spiro atoms. The lowest BCUT2D eigenvalue weighted by Crippen LogP contribution is -2.41. The lowest BCUT2D eigenvalue weighted by atomic mass is 9.95. The standard InChI is InChI=1S/C25H35N3O2/c1-19(2)28(24(29)30-25(3,4)5)23-15-14-21(17-26-23)22-13-9-10-16-27(22)18-20-11-7-6-8-12-20/h6-8,11-12,14-15,17,19,22H,9-10,13,16,18H2,1-5H3/t22-/m0/s1. The summed E-state index contributed by atoms with van der Waals surface area (Å²) in [5.74, 6) is 0.633. The predicted molar refractivity (Wildman–Crippen MR) is 122 cm³/mol. The smallest absolute Gasteiger partial charge is 0.416 e. The van der Waals surface area contributed by atoms with Gasteiger partial charge in [-0.3, -0.25) is 9.80 Å². The van der Waals surface area contributed by atoms with Crippen LogP contribution in [0.2, 0.25) is 0 Å². The first kappa shape index (κ1) is 22.3. The van der Waals surface area contributed by atoms with E-state index in [4.69, 9.17) is 4.74 Å². The van der Waals surface area contributed by atoms with Gasteiger partial charge in [-0.25, -0.2) is 9.78 Å². The van der Waals surface area contributed by atoms with Crippen molar-refractivity contribution in [3.8, 4) is 0 Å². The zero-order chi connectivity index (χ0) is 21.7. The first-order chi connectivity index (χ1) is 14.2. The quantitative estimate of drug-likeness (QED) is 0.611. The summed E-state index contributed by atoms with van der Waals surface area (Å²) in [6, 6.07) is 15.0. The summed E-state index contributed by atoms with van der Waals surface area (Å²) >= 11 is 0. The molecule has 162 valence electrons. The van der Waals surface area contributed by atoms with Gasteiger partial charge in [0.05, 0.1) is 0 Å². The van der Waals surface area contributed by atoms with E-state index >= 15 is 0 Å². The second-order valence-electron chi connectivity index (χ2n) is 9.36. The van der Waals surface area contributed by atoms with Crippen LogP contribution in [0, 0.1) is 0 Å². The number of likely N-dealkylation sites (tertiary alicyclic amines) is 1. The van der Waals surface area contributed by atoms with Gasteiger partial charge in [-0.1, -0.05) is 42.8 Å². The molecule has 1 aromatic heterocycles. The third-order valence-corrected chi connectivity index (χ3v) is 5.35. The Balaban J connectivity index is 1.77. The number of rotatable bonds is 5. The van der Waals surface area contributed by atoms with E-state index in [2.05, 4.69) is 46.3 Å². The average molecular weight is 410 g/mol. The van der Waals surface area contributed by atoms with Crippen LogP contribution >= 0.6 is 0 Å². The van der Waals surface area contributed by atoms with Crippen molar-refractivity contribution >= 4 is 11.9 Å². The molecule has 1 aliphatic rings. The zero-order valence-electron chi connectivity index (χ0n) is 19.0. The number of anilines is 1. The molecule has 1 atom stereocenters. The number of carbonyl (C=O) groups excluding carboxylic acids is 1. The Hall–Kier alpha value is -2.40. The Labute approximate surface area is 181 Å². The van der Waals surface area contributed by atoms with Gasteiger partial charge in [-0.15, -0.1) is 0 Å². The highest BCUT2D eigenvalue weighted by molar-refractivity contribution is 5.87. The van der Waals surface area contributed by atoms with Crippen LogP contribution in [-0.2, 0) is 11.3 Å². The van der Waals surface area contributed by atoms with Crippen molar-refractivity contribution in [1.29, 1.82) is 0 Å². The van der Waals surface area contributed by atoms with Gasteiger partial charge in [-0.05, 0) is 71.2 Å². The van der Waals surface area contributed by atoms with Gasteiger partial charge in [-0.2, -0.15) is 0 Å². The molecule has 1 aliphatic heterocycles. The summed E-state index contributed by atoms with van der Waals surface area (Å²) in [5.41, 5.74) is 2.01. The largest absolute Gasteiger partial charge is 0.443 e. The fraction of sp³-hybridized carbons (Fsp3) is 0.520. The minimum atomic E-state index is -0.537. The van der Waals surface area contributed by atoms with Gasteiger partial charge >= 0.3 is 6.09 Å². The van der Waals surface area contributed by atoms with Crippen molar-refractivity contribution in [2.24, 2.45) is 0 Å². The van der Waals surface area contributed by atoms with Crippen LogP contribution in [0.25, 0.3) is 0 Å². The monoisotopic (exact) mass is 409 g/mol. The summed E-state index contributed by atoms with van der Waals surface area (Å²) in [6.07, 6.45) is 5.17. The molecule has 1 fully saturated rings. The van der Waals surface area contributed by atoms with Crippen LogP contribution in [0.15, 0.2) is 48.7 Å². The Morgan fingerprint density at radius 2 is 1.90 bits per heavy atom. The first-order valence-electron chi connectivity index (χ1n) is 11.0. The van der Waals surface area contributed by atoms with E-state index in [1.54, 1.807) is 4.90 Å². The number of benzene rings is 1. The molecule has 0 bridgehead atoms. The van der Waals surface area contributed by atoms with Crippen molar-refractivity contribution in [2.45, 2.75) is 78.1 Å². The van der Waals surface area contributed by atoms with Gasteiger partial charge in [0.1, 0.15) is 11.4 Å². The van der Waals surface area contributed by atoms with Crippen LogP contribution < -0.4 is 4.90 Å². The maximum Gasteiger partial charge on any atom is 0.416 e. The molecular formula is C25H35N3O2. The molecule has 5 nitrogen and oxygen atoms in total. The molecule has 5 heteroatoms. The fourth-order valence-corrected chi connectivity index (χ4v) is 3.99. The SMILES string of the molecule is CC(C)N(C(=O)OC(C)(C)C)c1ccc([C@@H]2CCCCN2Cc2ccccc2)cn1. The summed E-state index contributed by atoms with van der Waals surface area (Å²) in [7, 11) is 0. The van der Waals surface area contributed by atoms with Crippen molar-refractivity contribution < 1.29 is 9.53 Å². The fourth-order valence-electron chi connectivity index (χ4n) is 3.99. The minimum absolute atomic E-state index is 0.0394. The van der Waals surface area contributed by atoms with Crippen molar-refractivity contribution in [3.05, 3.63) is 59.8 Å². The number of carbonyl (C=O) groups is 1. The number of hydrogen-bond acceptors (Lipinski definition) is 4. The molecule has 0 unspecified atom stereocenters. The summed E-state index contributed by atoms with van der Waals surface area (Å²) in [6.45, 7) is 11.6. The molecule has 0 radical (unpaired) electrons. The predicted octanol–water partition coefficient (Wildman–Crippen LogP) is 5.96. The average Bonchev–Trinajstić information content (AvgIpc) is 2.68. The molecule has 0 aliphatic carbocycles. The molecule has 1 saturated heterocycles. The van der Waals surface area contributed by atoms with E-state index in [0.717, 1.165) is 19.5 Å². The minimum Gasteiger partial charge on any atom is -0.443 e. The Bertz CT molecular complexity index is 813. The lowest BCUT2D eigenvalue weighted by Gasteiger charge is -2.36. The Morgan fingerprint density at radius 1 is 1.17 bits per heavy atom. The first-order valence-corrected chi connectivity index (χ1v) is 11.0. The zero-order valence-corrected chi connectivity index (χ0v) is 19.0. The van der Waals surface area contributed by atoms with E-state index in [0.29, 0.717) is 11.9 Å². The Kier molecular flexibility index (Phi) is 7.14. The highest BCUT2D eigenvalue weighted by Gasteiger charge is 2.28. The molecule has 1 aromatic carbocycles. The summed E-state index contributed by atoms with van der Waals surface area (Å²) < 4.78 is 5.58.